The third kappa shape index (κ3) is 7.60. The van der Waals surface area contributed by atoms with Crippen molar-refractivity contribution in [1.82, 2.24) is 0 Å². The summed E-state index contributed by atoms with van der Waals surface area (Å²) in [5.74, 6) is -19.9. The predicted molar refractivity (Wildman–Crippen MR) is 160 cm³/mol. The number of fused-ring (bicyclic) bond motifs is 5. The Hall–Kier alpha value is -2.18. The number of phenolic OH excluding ortho intramolecular Hbond substituents is 1. The highest BCUT2D eigenvalue weighted by Gasteiger charge is 2.81. The first-order valence-corrected chi connectivity index (χ1v) is 17.2. The number of unbranched alkanes of at least 4 members (excludes halogenated alkanes) is 5. The molecule has 0 spiro atoms. The predicted octanol–water partition coefficient (Wildman–Crippen LogP) is 10.3. The molecule has 13 heteroatoms. The molecule has 4 nitrogen and oxygen atoms in total. The van der Waals surface area contributed by atoms with Crippen LogP contribution in [-0.4, -0.2) is 51.3 Å². The van der Waals surface area contributed by atoms with Crippen molar-refractivity contribution in [2.45, 2.75) is 146 Å². The minimum Gasteiger partial charge on any atom is -0.508 e. The fraction of sp³-hybridized carbons (Fsp3) is 0.800. The number of carbonyl (C=O) groups is 1. The van der Waals surface area contributed by atoms with E-state index < -0.39 is 55.1 Å². The molecule has 5 unspecified atom stereocenters. The van der Waals surface area contributed by atoms with Gasteiger partial charge in [-0.3, -0.25) is 4.79 Å². The van der Waals surface area contributed by atoms with E-state index in [4.69, 9.17) is 0 Å². The molecule has 3 aliphatic rings. The lowest BCUT2D eigenvalue weighted by atomic mass is 9.52. The van der Waals surface area contributed by atoms with Crippen LogP contribution in [-0.2, 0) is 11.2 Å². The molecule has 0 bridgehead atoms. The quantitative estimate of drug-likeness (QED) is 0.118. The van der Waals surface area contributed by atoms with Crippen LogP contribution in [0.15, 0.2) is 18.2 Å². The Morgan fingerprint density at radius 3 is 2.15 bits per heavy atom. The molecule has 0 aromatic heterocycles. The summed E-state index contributed by atoms with van der Waals surface area (Å²) >= 11 is 0. The Morgan fingerprint density at radius 2 is 1.50 bits per heavy atom. The Labute approximate surface area is 275 Å². The topological polar surface area (TPSA) is 77.8 Å². The SMILES string of the molecule is C[C@]12CCC3c4ccc(O)cc4CC(CCCCCCCC[C@H](CCCC(F)(F)C(F)(F)C(F)(F)C(F)(F)F)C(=O)O)C3C1CCC2O. The van der Waals surface area contributed by atoms with Crippen LogP contribution in [0, 0.1) is 29.1 Å². The Bertz CT molecular complexity index is 1250. The number of alkyl halides is 9. The zero-order chi connectivity index (χ0) is 35.7. The van der Waals surface area contributed by atoms with Crippen LogP contribution in [0.2, 0.25) is 0 Å². The number of aliphatic carboxylic acids is 1. The van der Waals surface area contributed by atoms with Gasteiger partial charge in [0.2, 0.25) is 0 Å². The zero-order valence-corrected chi connectivity index (χ0v) is 27.2. The van der Waals surface area contributed by atoms with Crippen molar-refractivity contribution < 1.29 is 59.6 Å². The van der Waals surface area contributed by atoms with Gasteiger partial charge >= 0.3 is 29.9 Å². The summed E-state index contributed by atoms with van der Waals surface area (Å²) < 4.78 is 118. The minimum absolute atomic E-state index is 0.0411. The molecule has 0 radical (unpaired) electrons. The highest BCUT2D eigenvalue weighted by molar-refractivity contribution is 5.69. The number of hydrogen-bond acceptors (Lipinski definition) is 3. The lowest BCUT2D eigenvalue weighted by Crippen LogP contribution is -2.60. The summed E-state index contributed by atoms with van der Waals surface area (Å²) in [5, 5.41) is 30.4. The molecule has 1 aromatic carbocycles. The van der Waals surface area contributed by atoms with Crippen LogP contribution in [0.25, 0.3) is 0 Å². The number of aliphatic hydroxyl groups is 1. The van der Waals surface area contributed by atoms with Crippen molar-refractivity contribution >= 4 is 5.97 Å². The average molecular weight is 703 g/mol. The van der Waals surface area contributed by atoms with Gasteiger partial charge in [-0.05, 0) is 110 Å². The first-order valence-electron chi connectivity index (χ1n) is 17.2. The van der Waals surface area contributed by atoms with E-state index in [9.17, 15) is 59.6 Å². The van der Waals surface area contributed by atoms with Gasteiger partial charge in [-0.15, -0.1) is 0 Å². The van der Waals surface area contributed by atoms with Crippen molar-refractivity contribution in [3.63, 3.8) is 0 Å². The molecule has 3 N–H and O–H groups in total. The van der Waals surface area contributed by atoms with Gasteiger partial charge in [0.05, 0.1) is 12.0 Å². The van der Waals surface area contributed by atoms with Crippen molar-refractivity contribution in [2.75, 3.05) is 0 Å². The molecular weight excluding hydrogens is 655 g/mol. The average Bonchev–Trinajstić information content (AvgIpc) is 3.29. The van der Waals surface area contributed by atoms with Crippen LogP contribution < -0.4 is 0 Å². The number of aromatic hydroxyl groups is 1. The molecule has 3 aliphatic carbocycles. The third-order valence-corrected chi connectivity index (χ3v) is 11.8. The lowest BCUT2D eigenvalue weighted by Gasteiger charge is -2.53. The van der Waals surface area contributed by atoms with Crippen molar-refractivity contribution in [3.8, 4) is 5.75 Å². The van der Waals surface area contributed by atoms with E-state index in [0.717, 1.165) is 64.2 Å². The van der Waals surface area contributed by atoms with Crippen LogP contribution in [0.5, 0.6) is 5.75 Å². The normalized spacial score (nSPS) is 28.4. The van der Waals surface area contributed by atoms with Gasteiger partial charge in [0, 0.05) is 6.42 Å². The molecule has 48 heavy (non-hydrogen) atoms. The number of halogens is 9. The monoisotopic (exact) mass is 702 g/mol. The molecule has 0 saturated heterocycles. The van der Waals surface area contributed by atoms with E-state index in [-0.39, 0.29) is 23.7 Å². The van der Waals surface area contributed by atoms with Crippen LogP contribution in [0.1, 0.15) is 120 Å². The van der Waals surface area contributed by atoms with E-state index in [1.54, 1.807) is 6.07 Å². The summed E-state index contributed by atoms with van der Waals surface area (Å²) in [6, 6.07) is 5.71. The molecule has 2 fully saturated rings. The molecule has 274 valence electrons. The van der Waals surface area contributed by atoms with Crippen molar-refractivity contribution in [1.29, 1.82) is 0 Å². The molecule has 1 aromatic rings. The number of aliphatic hydroxyl groups excluding tert-OH is 1. The molecule has 0 amide bonds. The standard InChI is InChI=1S/C35H47F9O4/c1-31-18-16-26-25-13-12-24(45)20-23(25)19-22(29(26)27(31)14-15-28(31)46)10-7-5-3-2-4-6-9-21(30(47)48)11-8-17-32(36,37)33(38,39)34(40,41)35(42,43)44/h12-13,20-22,26-29,45-46H,2-11,14-19H2,1H3,(H,47,48)/t21-,22?,26?,27?,28?,29?,31+/m1/s1. The fourth-order valence-electron chi connectivity index (χ4n) is 9.06. The fourth-order valence-corrected chi connectivity index (χ4v) is 9.06. The second-order valence-electron chi connectivity index (χ2n) is 14.8. The first-order chi connectivity index (χ1) is 22.2. The summed E-state index contributed by atoms with van der Waals surface area (Å²) in [6.45, 7) is 2.23. The van der Waals surface area contributed by atoms with Gasteiger partial charge in [-0.25, -0.2) is 0 Å². The van der Waals surface area contributed by atoms with E-state index in [1.165, 1.54) is 11.1 Å². The Morgan fingerprint density at radius 1 is 0.875 bits per heavy atom. The van der Waals surface area contributed by atoms with Crippen LogP contribution in [0.4, 0.5) is 39.5 Å². The summed E-state index contributed by atoms with van der Waals surface area (Å²) in [6.07, 6.45) is -0.270. The van der Waals surface area contributed by atoms with Gasteiger partial charge in [0.15, 0.2) is 0 Å². The molecular formula is C35H47F9O4. The first kappa shape index (κ1) is 38.6. The van der Waals surface area contributed by atoms with Crippen molar-refractivity contribution in [2.24, 2.45) is 29.1 Å². The minimum atomic E-state index is -6.94. The maximum atomic E-state index is 13.8. The number of benzene rings is 1. The largest absolute Gasteiger partial charge is 0.508 e. The molecule has 2 saturated carbocycles. The Kier molecular flexibility index (Phi) is 11.7. The maximum absolute atomic E-state index is 13.8. The highest BCUT2D eigenvalue weighted by atomic mass is 19.4. The number of carboxylic acid groups (broad SMARTS) is 1. The van der Waals surface area contributed by atoms with E-state index in [2.05, 4.69) is 13.0 Å². The smallest absolute Gasteiger partial charge is 0.460 e. The van der Waals surface area contributed by atoms with E-state index in [0.29, 0.717) is 36.5 Å². The summed E-state index contributed by atoms with van der Waals surface area (Å²) in [4.78, 5) is 11.6. The van der Waals surface area contributed by atoms with E-state index in [1.807, 2.05) is 6.07 Å². The number of hydrogen-bond donors (Lipinski definition) is 3. The molecule has 7 atom stereocenters. The Balaban J connectivity index is 1.20. The number of rotatable bonds is 16. The van der Waals surface area contributed by atoms with Crippen LogP contribution in [0.3, 0.4) is 0 Å². The van der Waals surface area contributed by atoms with Gasteiger partial charge < -0.3 is 15.3 Å². The van der Waals surface area contributed by atoms with Gasteiger partial charge in [0.1, 0.15) is 5.75 Å². The van der Waals surface area contributed by atoms with Gasteiger partial charge in [-0.1, -0.05) is 51.5 Å². The number of carboxylic acids is 1. The van der Waals surface area contributed by atoms with Gasteiger partial charge in [0.25, 0.3) is 0 Å². The second kappa shape index (κ2) is 14.6. The summed E-state index contributed by atoms with van der Waals surface area (Å²) in [5.41, 5.74) is 2.45. The molecule has 0 heterocycles. The molecule has 4 rings (SSSR count). The maximum Gasteiger partial charge on any atom is 0.460 e. The van der Waals surface area contributed by atoms with Crippen LogP contribution >= 0.6 is 0 Å². The second-order valence-corrected chi connectivity index (χ2v) is 14.8. The summed E-state index contributed by atoms with van der Waals surface area (Å²) in [7, 11) is 0. The van der Waals surface area contributed by atoms with E-state index >= 15 is 0 Å². The van der Waals surface area contributed by atoms with Crippen molar-refractivity contribution in [3.05, 3.63) is 29.3 Å². The van der Waals surface area contributed by atoms with Gasteiger partial charge in [-0.2, -0.15) is 39.5 Å². The lowest BCUT2D eigenvalue weighted by molar-refractivity contribution is -0.396. The third-order valence-electron chi connectivity index (χ3n) is 11.8. The molecule has 0 aliphatic heterocycles. The highest BCUT2D eigenvalue weighted by Crippen LogP contribution is 2.63. The number of phenols is 1. The zero-order valence-electron chi connectivity index (χ0n) is 27.2.